The predicted molar refractivity (Wildman–Crippen MR) is 76.7 cm³/mol. The number of benzene rings is 1. The standard InChI is InChI=1S/C14H19Cl2NO/c1-10-8-17(6-5-13(10)16)9-11-7-12(15)3-4-14(11)18-2/h3-4,7,10,13H,5-6,8-9H2,1-2H3. The quantitative estimate of drug-likeness (QED) is 0.784. The second-order valence-electron chi connectivity index (χ2n) is 4.97. The van der Waals surface area contributed by atoms with Crippen molar-refractivity contribution in [3.8, 4) is 5.75 Å². The summed E-state index contributed by atoms with van der Waals surface area (Å²) in [5.41, 5.74) is 1.14. The summed E-state index contributed by atoms with van der Waals surface area (Å²) < 4.78 is 5.38. The SMILES string of the molecule is COc1ccc(Cl)cc1CN1CCC(Cl)C(C)C1. The smallest absolute Gasteiger partial charge is 0.123 e. The molecule has 2 rings (SSSR count). The summed E-state index contributed by atoms with van der Waals surface area (Å²) in [7, 11) is 1.69. The summed E-state index contributed by atoms with van der Waals surface area (Å²) >= 11 is 12.3. The number of nitrogens with zero attached hydrogens (tertiary/aromatic N) is 1. The third-order valence-electron chi connectivity index (χ3n) is 3.52. The number of piperidine rings is 1. The topological polar surface area (TPSA) is 12.5 Å². The van der Waals surface area contributed by atoms with Crippen molar-refractivity contribution in [3.05, 3.63) is 28.8 Å². The molecule has 1 fully saturated rings. The summed E-state index contributed by atoms with van der Waals surface area (Å²) in [5.74, 6) is 1.44. The van der Waals surface area contributed by atoms with E-state index in [1.54, 1.807) is 7.11 Å². The number of hydrogen-bond donors (Lipinski definition) is 0. The first-order valence-electron chi connectivity index (χ1n) is 6.29. The molecule has 0 aliphatic carbocycles. The van der Waals surface area contributed by atoms with E-state index in [2.05, 4.69) is 11.8 Å². The Kier molecular flexibility index (Phi) is 4.77. The van der Waals surface area contributed by atoms with Gasteiger partial charge in [-0.1, -0.05) is 18.5 Å². The van der Waals surface area contributed by atoms with Gasteiger partial charge >= 0.3 is 0 Å². The molecule has 1 saturated heterocycles. The van der Waals surface area contributed by atoms with Crippen LogP contribution in [-0.2, 0) is 6.54 Å². The van der Waals surface area contributed by atoms with Crippen molar-refractivity contribution in [3.63, 3.8) is 0 Å². The summed E-state index contributed by atoms with van der Waals surface area (Å²) in [4.78, 5) is 2.41. The van der Waals surface area contributed by atoms with Gasteiger partial charge in [-0.05, 0) is 37.1 Å². The van der Waals surface area contributed by atoms with E-state index >= 15 is 0 Å². The van der Waals surface area contributed by atoms with Crippen LogP contribution >= 0.6 is 23.2 Å². The van der Waals surface area contributed by atoms with Crippen molar-refractivity contribution in [2.75, 3.05) is 20.2 Å². The Morgan fingerprint density at radius 3 is 2.89 bits per heavy atom. The Labute approximate surface area is 119 Å². The zero-order valence-electron chi connectivity index (χ0n) is 10.8. The van der Waals surface area contributed by atoms with Crippen LogP contribution in [0, 0.1) is 5.92 Å². The first kappa shape index (κ1) is 14.0. The van der Waals surface area contributed by atoms with E-state index in [0.29, 0.717) is 11.3 Å². The van der Waals surface area contributed by atoms with Gasteiger partial charge in [0.2, 0.25) is 0 Å². The number of rotatable bonds is 3. The zero-order valence-corrected chi connectivity index (χ0v) is 12.3. The van der Waals surface area contributed by atoms with Crippen LogP contribution in [0.15, 0.2) is 18.2 Å². The molecule has 4 heteroatoms. The van der Waals surface area contributed by atoms with Crippen LogP contribution in [0.5, 0.6) is 5.75 Å². The molecular weight excluding hydrogens is 269 g/mol. The second-order valence-corrected chi connectivity index (χ2v) is 5.97. The normalized spacial score (nSPS) is 25.1. The molecule has 0 aromatic heterocycles. The molecule has 18 heavy (non-hydrogen) atoms. The number of halogens is 2. The molecule has 1 aliphatic rings. The van der Waals surface area contributed by atoms with Gasteiger partial charge < -0.3 is 4.74 Å². The van der Waals surface area contributed by atoms with Gasteiger partial charge in [0.1, 0.15) is 5.75 Å². The molecule has 2 atom stereocenters. The van der Waals surface area contributed by atoms with E-state index in [9.17, 15) is 0 Å². The van der Waals surface area contributed by atoms with Crippen molar-refractivity contribution in [1.82, 2.24) is 4.90 Å². The van der Waals surface area contributed by atoms with E-state index in [0.717, 1.165) is 42.4 Å². The lowest BCUT2D eigenvalue weighted by atomic mass is 9.99. The van der Waals surface area contributed by atoms with Gasteiger partial charge in [-0.15, -0.1) is 11.6 Å². The predicted octanol–water partition coefficient (Wildman–Crippen LogP) is 3.80. The van der Waals surface area contributed by atoms with Gasteiger partial charge in [-0.25, -0.2) is 0 Å². The first-order chi connectivity index (χ1) is 8.60. The third-order valence-corrected chi connectivity index (χ3v) is 4.40. The average molecular weight is 288 g/mol. The Balaban J connectivity index is 2.07. The minimum Gasteiger partial charge on any atom is -0.496 e. The van der Waals surface area contributed by atoms with E-state index in [1.807, 2.05) is 18.2 Å². The number of methoxy groups -OCH3 is 1. The van der Waals surface area contributed by atoms with Gasteiger partial charge in [0.15, 0.2) is 0 Å². The van der Waals surface area contributed by atoms with Crippen molar-refractivity contribution in [2.24, 2.45) is 5.92 Å². The van der Waals surface area contributed by atoms with Crippen LogP contribution in [-0.4, -0.2) is 30.5 Å². The van der Waals surface area contributed by atoms with Gasteiger partial charge in [0.25, 0.3) is 0 Å². The number of likely N-dealkylation sites (tertiary alicyclic amines) is 1. The monoisotopic (exact) mass is 287 g/mol. The molecular formula is C14H19Cl2NO. The molecule has 1 aromatic rings. The fourth-order valence-corrected chi connectivity index (χ4v) is 2.83. The van der Waals surface area contributed by atoms with Gasteiger partial charge in [0.05, 0.1) is 7.11 Å². The second kappa shape index (κ2) is 6.14. The first-order valence-corrected chi connectivity index (χ1v) is 7.10. The zero-order chi connectivity index (χ0) is 13.1. The molecule has 1 aromatic carbocycles. The maximum atomic E-state index is 6.25. The summed E-state index contributed by atoms with van der Waals surface area (Å²) in [6.07, 6.45) is 1.05. The van der Waals surface area contributed by atoms with Crippen molar-refractivity contribution in [2.45, 2.75) is 25.3 Å². The molecule has 0 bridgehead atoms. The van der Waals surface area contributed by atoms with Gasteiger partial charge in [-0.2, -0.15) is 0 Å². The molecule has 2 nitrogen and oxygen atoms in total. The molecule has 2 unspecified atom stereocenters. The van der Waals surface area contributed by atoms with Crippen LogP contribution in [0.4, 0.5) is 0 Å². The van der Waals surface area contributed by atoms with Crippen molar-refractivity contribution >= 4 is 23.2 Å². The highest BCUT2D eigenvalue weighted by molar-refractivity contribution is 6.30. The van der Waals surface area contributed by atoms with Crippen LogP contribution in [0.1, 0.15) is 18.9 Å². The number of ether oxygens (including phenoxy) is 1. The summed E-state index contributed by atoms with van der Waals surface area (Å²) in [6, 6.07) is 5.77. The largest absolute Gasteiger partial charge is 0.496 e. The van der Waals surface area contributed by atoms with Crippen molar-refractivity contribution < 1.29 is 4.74 Å². The van der Waals surface area contributed by atoms with Crippen LogP contribution in [0.2, 0.25) is 5.02 Å². The van der Waals surface area contributed by atoms with E-state index < -0.39 is 0 Å². The molecule has 0 radical (unpaired) electrons. The third kappa shape index (κ3) is 3.31. The average Bonchev–Trinajstić information content (AvgIpc) is 2.34. The Morgan fingerprint density at radius 1 is 1.44 bits per heavy atom. The molecule has 0 spiro atoms. The Morgan fingerprint density at radius 2 is 2.22 bits per heavy atom. The summed E-state index contributed by atoms with van der Waals surface area (Å²) in [5, 5.41) is 1.06. The fraction of sp³-hybridized carbons (Fsp3) is 0.571. The molecule has 1 aliphatic heterocycles. The van der Waals surface area contributed by atoms with Crippen LogP contribution < -0.4 is 4.74 Å². The highest BCUT2D eigenvalue weighted by Gasteiger charge is 2.24. The molecule has 0 saturated carbocycles. The molecule has 1 heterocycles. The molecule has 0 amide bonds. The maximum absolute atomic E-state index is 6.25. The number of alkyl halides is 1. The van der Waals surface area contributed by atoms with E-state index in [1.165, 1.54) is 0 Å². The van der Waals surface area contributed by atoms with E-state index in [4.69, 9.17) is 27.9 Å². The minimum atomic E-state index is 0.308. The molecule has 100 valence electrons. The van der Waals surface area contributed by atoms with E-state index in [-0.39, 0.29) is 0 Å². The lowest BCUT2D eigenvalue weighted by Crippen LogP contribution is -2.39. The Bertz CT molecular complexity index is 411. The highest BCUT2D eigenvalue weighted by Crippen LogP contribution is 2.27. The lowest BCUT2D eigenvalue weighted by Gasteiger charge is -2.34. The highest BCUT2D eigenvalue weighted by atomic mass is 35.5. The lowest BCUT2D eigenvalue weighted by molar-refractivity contribution is 0.178. The van der Waals surface area contributed by atoms with Crippen molar-refractivity contribution in [1.29, 1.82) is 0 Å². The number of hydrogen-bond acceptors (Lipinski definition) is 2. The fourth-order valence-electron chi connectivity index (χ4n) is 2.46. The summed E-state index contributed by atoms with van der Waals surface area (Å²) in [6.45, 7) is 5.15. The van der Waals surface area contributed by atoms with Gasteiger partial charge in [-0.3, -0.25) is 4.90 Å². The Hall–Kier alpha value is -0.440. The minimum absolute atomic E-state index is 0.308. The molecule has 0 N–H and O–H groups in total. The van der Waals surface area contributed by atoms with Crippen LogP contribution in [0.25, 0.3) is 0 Å². The maximum Gasteiger partial charge on any atom is 0.123 e. The van der Waals surface area contributed by atoms with Crippen LogP contribution in [0.3, 0.4) is 0 Å². The van der Waals surface area contributed by atoms with Gasteiger partial charge in [0, 0.05) is 29.1 Å².